The van der Waals surface area contributed by atoms with Crippen molar-refractivity contribution in [3.63, 3.8) is 0 Å². The Morgan fingerprint density at radius 2 is 1.58 bits per heavy atom. The summed E-state index contributed by atoms with van der Waals surface area (Å²) in [4.78, 5) is 11.1. The van der Waals surface area contributed by atoms with Gasteiger partial charge in [0.15, 0.2) is 0 Å². The average Bonchev–Trinajstić information content (AvgIpc) is 2.45. The molecule has 0 saturated carbocycles. The number of benzene rings is 2. The van der Waals surface area contributed by atoms with Crippen molar-refractivity contribution in [2.75, 3.05) is 0 Å². The number of aliphatic carboxylic acids is 1. The fraction of sp³-hybridized carbons (Fsp3) is 0.188. The van der Waals surface area contributed by atoms with Gasteiger partial charge in [0, 0.05) is 10.4 Å². The average molecular weight is 417 g/mol. The van der Waals surface area contributed by atoms with Gasteiger partial charge >= 0.3 is 16.4 Å². The van der Waals surface area contributed by atoms with Crippen LogP contribution in [0.15, 0.2) is 53.0 Å². The van der Waals surface area contributed by atoms with Gasteiger partial charge in [0.1, 0.15) is 0 Å². The molecule has 2 rings (SSSR count). The summed E-state index contributed by atoms with van der Waals surface area (Å²) >= 11 is 3.40. The third-order valence-electron chi connectivity index (χ3n) is 3.21. The highest BCUT2D eigenvalue weighted by Crippen LogP contribution is 2.31. The van der Waals surface area contributed by atoms with Crippen molar-refractivity contribution >= 4 is 32.3 Å². The monoisotopic (exact) mass is 416 g/mol. The molecule has 0 amide bonds. The molecule has 0 spiro atoms. The topological polar surface area (TPSA) is 112 Å². The Morgan fingerprint density at radius 1 is 1.08 bits per heavy atom. The summed E-state index contributed by atoms with van der Waals surface area (Å²) in [6.07, 6.45) is 0.104. The lowest BCUT2D eigenvalue weighted by molar-refractivity contribution is -0.137. The van der Waals surface area contributed by atoms with Crippen LogP contribution in [0.3, 0.4) is 0 Å². The first kappa shape index (κ1) is 20.3. The fourth-order valence-corrected chi connectivity index (χ4v) is 2.52. The van der Waals surface area contributed by atoms with Crippen LogP contribution in [-0.2, 0) is 15.2 Å². The van der Waals surface area contributed by atoms with Gasteiger partial charge in [-0.2, -0.15) is 8.42 Å². The zero-order valence-electron chi connectivity index (χ0n) is 12.8. The molecule has 2 aromatic carbocycles. The Morgan fingerprint density at radius 3 is 2.04 bits per heavy atom. The number of hydrogen-bond donors (Lipinski definition) is 3. The van der Waals surface area contributed by atoms with Gasteiger partial charge < -0.3 is 5.11 Å². The molecule has 0 radical (unpaired) electrons. The van der Waals surface area contributed by atoms with E-state index in [1.165, 1.54) is 0 Å². The van der Waals surface area contributed by atoms with Crippen LogP contribution in [0, 0.1) is 6.92 Å². The minimum atomic E-state index is -4.67. The van der Waals surface area contributed by atoms with E-state index in [2.05, 4.69) is 15.9 Å². The minimum Gasteiger partial charge on any atom is -0.481 e. The van der Waals surface area contributed by atoms with Gasteiger partial charge in [-0.05, 0) is 35.7 Å². The second-order valence-electron chi connectivity index (χ2n) is 5.01. The first-order valence-corrected chi connectivity index (χ1v) is 8.99. The van der Waals surface area contributed by atoms with E-state index in [1.54, 1.807) is 0 Å². The molecular formula is C16H17BrO6S. The Bertz CT molecular complexity index is 778. The Labute approximate surface area is 148 Å². The van der Waals surface area contributed by atoms with Crippen molar-refractivity contribution in [1.29, 1.82) is 0 Å². The Kier molecular flexibility index (Phi) is 7.56. The van der Waals surface area contributed by atoms with Crippen molar-refractivity contribution in [3.05, 3.63) is 69.7 Å². The number of carboxylic acids is 1. The maximum Gasteiger partial charge on any atom is 0.394 e. The SMILES string of the molecule is Cc1ccccc1C(CC(=O)O)c1ccc(Br)cc1.O=S(=O)(O)O. The molecule has 8 heteroatoms. The van der Waals surface area contributed by atoms with Crippen LogP contribution >= 0.6 is 15.9 Å². The van der Waals surface area contributed by atoms with Gasteiger partial charge in [0.2, 0.25) is 0 Å². The number of carboxylic acid groups (broad SMARTS) is 1. The highest BCUT2D eigenvalue weighted by atomic mass is 79.9. The van der Waals surface area contributed by atoms with Gasteiger partial charge in [-0.25, -0.2) is 0 Å². The van der Waals surface area contributed by atoms with Crippen LogP contribution in [-0.4, -0.2) is 28.6 Å². The van der Waals surface area contributed by atoms with Crippen LogP contribution in [0.4, 0.5) is 0 Å². The molecule has 0 aliphatic rings. The summed E-state index contributed by atoms with van der Waals surface area (Å²) < 4.78 is 32.6. The second kappa shape index (κ2) is 8.93. The zero-order valence-corrected chi connectivity index (χ0v) is 15.2. The van der Waals surface area contributed by atoms with E-state index in [1.807, 2.05) is 55.5 Å². The third-order valence-corrected chi connectivity index (χ3v) is 3.74. The summed E-state index contributed by atoms with van der Waals surface area (Å²) in [5.74, 6) is -0.886. The number of carbonyl (C=O) groups is 1. The molecule has 24 heavy (non-hydrogen) atoms. The molecule has 1 unspecified atom stereocenters. The van der Waals surface area contributed by atoms with E-state index in [0.29, 0.717) is 0 Å². The summed E-state index contributed by atoms with van der Waals surface area (Å²) in [6.45, 7) is 2.02. The molecule has 0 bridgehead atoms. The lowest BCUT2D eigenvalue weighted by Gasteiger charge is -2.18. The summed E-state index contributed by atoms with van der Waals surface area (Å²) in [6, 6.07) is 15.8. The molecule has 1 atom stereocenters. The molecule has 0 saturated heterocycles. The number of halogens is 1. The molecule has 0 aromatic heterocycles. The quantitative estimate of drug-likeness (QED) is 0.654. The van der Waals surface area contributed by atoms with Crippen LogP contribution in [0.1, 0.15) is 29.0 Å². The van der Waals surface area contributed by atoms with Crippen LogP contribution in [0.2, 0.25) is 0 Å². The molecule has 0 heterocycles. The molecule has 130 valence electrons. The van der Waals surface area contributed by atoms with E-state index in [9.17, 15) is 4.79 Å². The standard InChI is InChI=1S/C16H15BrO2.H2O4S/c1-11-4-2-3-5-14(11)15(10-16(18)19)12-6-8-13(17)9-7-12;1-5(2,3)4/h2-9,15H,10H2,1H3,(H,18,19);(H2,1,2,3,4). The minimum absolute atomic E-state index is 0.104. The smallest absolute Gasteiger partial charge is 0.394 e. The fourth-order valence-electron chi connectivity index (χ4n) is 2.25. The van der Waals surface area contributed by atoms with Crippen LogP contribution < -0.4 is 0 Å². The predicted octanol–water partition coefficient (Wildman–Crippen LogP) is 3.71. The van der Waals surface area contributed by atoms with Gasteiger partial charge in [0.05, 0.1) is 6.42 Å². The van der Waals surface area contributed by atoms with Gasteiger partial charge in [-0.15, -0.1) is 0 Å². The Hall–Kier alpha value is -1.74. The molecule has 6 nitrogen and oxygen atoms in total. The lowest BCUT2D eigenvalue weighted by atomic mass is 9.86. The summed E-state index contributed by atoms with van der Waals surface area (Å²) in [5, 5.41) is 9.14. The van der Waals surface area contributed by atoms with Gasteiger partial charge in [-0.1, -0.05) is 52.3 Å². The van der Waals surface area contributed by atoms with Crippen molar-refractivity contribution in [1.82, 2.24) is 0 Å². The molecule has 0 fully saturated rings. The van der Waals surface area contributed by atoms with E-state index < -0.39 is 16.4 Å². The normalized spacial score (nSPS) is 12.0. The van der Waals surface area contributed by atoms with Gasteiger partial charge in [-0.3, -0.25) is 13.9 Å². The van der Waals surface area contributed by atoms with Crippen molar-refractivity contribution in [3.8, 4) is 0 Å². The maximum absolute atomic E-state index is 11.1. The third kappa shape index (κ3) is 7.69. The highest BCUT2D eigenvalue weighted by molar-refractivity contribution is 9.10. The van der Waals surface area contributed by atoms with Gasteiger partial charge in [0.25, 0.3) is 0 Å². The number of hydrogen-bond acceptors (Lipinski definition) is 3. The van der Waals surface area contributed by atoms with E-state index in [4.69, 9.17) is 22.6 Å². The molecule has 3 N–H and O–H groups in total. The van der Waals surface area contributed by atoms with Crippen molar-refractivity contribution in [2.24, 2.45) is 0 Å². The number of rotatable bonds is 4. The van der Waals surface area contributed by atoms with E-state index in [0.717, 1.165) is 21.2 Å². The molecule has 0 aliphatic heterocycles. The predicted molar refractivity (Wildman–Crippen MR) is 93.6 cm³/mol. The second-order valence-corrected chi connectivity index (χ2v) is 6.82. The summed E-state index contributed by atoms with van der Waals surface area (Å²) in [5.41, 5.74) is 3.23. The first-order chi connectivity index (χ1) is 11.1. The van der Waals surface area contributed by atoms with E-state index >= 15 is 0 Å². The van der Waals surface area contributed by atoms with Crippen molar-refractivity contribution < 1.29 is 27.4 Å². The maximum atomic E-state index is 11.1. The molecule has 0 aliphatic carbocycles. The lowest BCUT2D eigenvalue weighted by Crippen LogP contribution is -2.09. The Balaban J connectivity index is 0.000000505. The van der Waals surface area contributed by atoms with Crippen LogP contribution in [0.25, 0.3) is 0 Å². The largest absolute Gasteiger partial charge is 0.481 e. The molecule has 2 aromatic rings. The highest BCUT2D eigenvalue weighted by Gasteiger charge is 2.19. The van der Waals surface area contributed by atoms with Crippen molar-refractivity contribution in [2.45, 2.75) is 19.3 Å². The first-order valence-electron chi connectivity index (χ1n) is 6.80. The van der Waals surface area contributed by atoms with E-state index in [-0.39, 0.29) is 12.3 Å². The molecular weight excluding hydrogens is 400 g/mol. The zero-order chi connectivity index (χ0) is 18.3. The number of aryl methyl sites for hydroxylation is 1. The summed E-state index contributed by atoms with van der Waals surface area (Å²) in [7, 11) is -4.67. The van der Waals surface area contributed by atoms with Crippen LogP contribution in [0.5, 0.6) is 0 Å².